The van der Waals surface area contributed by atoms with Gasteiger partial charge in [0.05, 0.1) is 10.4 Å². The van der Waals surface area contributed by atoms with Gasteiger partial charge in [-0.25, -0.2) is 8.42 Å². The Labute approximate surface area is 85.4 Å². The van der Waals surface area contributed by atoms with Crippen LogP contribution >= 0.6 is 11.5 Å². The molecule has 1 heterocycles. The average molecular weight is 228 g/mol. The summed E-state index contributed by atoms with van der Waals surface area (Å²) < 4.78 is 26.6. The fourth-order valence-corrected chi connectivity index (χ4v) is 2.44. The molecule has 0 unspecified atom stereocenters. The molecule has 2 N–H and O–H groups in total. The van der Waals surface area contributed by atoms with Gasteiger partial charge >= 0.3 is 0 Å². The quantitative estimate of drug-likeness (QED) is 0.798. The lowest BCUT2D eigenvalue weighted by Crippen LogP contribution is -1.96. The SMILES string of the molecule is CS(=O)(=O)c1ccc2nsc(N)c2c1. The van der Waals surface area contributed by atoms with Crippen molar-refractivity contribution in [2.24, 2.45) is 0 Å². The predicted octanol–water partition coefficient (Wildman–Crippen LogP) is 1.28. The molecule has 0 saturated carbocycles. The van der Waals surface area contributed by atoms with Crippen LogP contribution in [-0.4, -0.2) is 19.0 Å². The number of anilines is 1. The number of benzene rings is 1. The molecule has 0 atom stereocenters. The highest BCUT2D eigenvalue weighted by molar-refractivity contribution is 7.90. The second-order valence-electron chi connectivity index (χ2n) is 3.00. The van der Waals surface area contributed by atoms with Gasteiger partial charge in [0.15, 0.2) is 9.84 Å². The Bertz CT molecular complexity index is 586. The highest BCUT2D eigenvalue weighted by Gasteiger charge is 2.10. The molecule has 74 valence electrons. The van der Waals surface area contributed by atoms with E-state index < -0.39 is 9.84 Å². The van der Waals surface area contributed by atoms with Crippen molar-refractivity contribution in [2.45, 2.75) is 4.90 Å². The molecule has 0 fully saturated rings. The van der Waals surface area contributed by atoms with Crippen molar-refractivity contribution in [3.05, 3.63) is 18.2 Å². The van der Waals surface area contributed by atoms with Crippen molar-refractivity contribution in [3.63, 3.8) is 0 Å². The van der Waals surface area contributed by atoms with E-state index >= 15 is 0 Å². The normalized spacial score (nSPS) is 12.1. The lowest BCUT2D eigenvalue weighted by atomic mass is 10.2. The van der Waals surface area contributed by atoms with E-state index in [1.165, 1.54) is 23.9 Å². The molecule has 0 amide bonds. The zero-order chi connectivity index (χ0) is 10.3. The molecule has 2 rings (SSSR count). The summed E-state index contributed by atoms with van der Waals surface area (Å²) in [5, 5.41) is 1.25. The third-order valence-corrected chi connectivity index (χ3v) is 3.72. The van der Waals surface area contributed by atoms with E-state index in [1.807, 2.05) is 0 Å². The molecule has 0 aliphatic rings. The smallest absolute Gasteiger partial charge is 0.175 e. The molecule has 0 radical (unpaired) electrons. The fourth-order valence-electron chi connectivity index (χ4n) is 1.17. The molecule has 0 aliphatic carbocycles. The minimum Gasteiger partial charge on any atom is -0.389 e. The van der Waals surface area contributed by atoms with Crippen molar-refractivity contribution >= 4 is 37.3 Å². The van der Waals surface area contributed by atoms with E-state index in [2.05, 4.69) is 4.37 Å². The van der Waals surface area contributed by atoms with Gasteiger partial charge in [-0.3, -0.25) is 0 Å². The Morgan fingerprint density at radius 2 is 2.14 bits per heavy atom. The Kier molecular flexibility index (Phi) is 1.97. The minimum atomic E-state index is -3.17. The zero-order valence-corrected chi connectivity index (χ0v) is 9.02. The second kappa shape index (κ2) is 2.93. The molecule has 1 aromatic carbocycles. The number of nitrogen functional groups attached to an aromatic ring is 1. The van der Waals surface area contributed by atoms with E-state index in [-0.39, 0.29) is 4.90 Å². The lowest BCUT2D eigenvalue weighted by Gasteiger charge is -1.97. The third-order valence-electron chi connectivity index (χ3n) is 1.90. The number of fused-ring (bicyclic) bond motifs is 1. The van der Waals surface area contributed by atoms with Gasteiger partial charge in [0.1, 0.15) is 5.00 Å². The summed E-state index contributed by atoms with van der Waals surface area (Å²) in [5.74, 6) is 0. The molecule has 0 saturated heterocycles. The van der Waals surface area contributed by atoms with Gasteiger partial charge in [-0.15, -0.1) is 0 Å². The van der Waals surface area contributed by atoms with Crippen LogP contribution in [-0.2, 0) is 9.84 Å². The van der Waals surface area contributed by atoms with Crippen LogP contribution in [0.25, 0.3) is 10.9 Å². The van der Waals surface area contributed by atoms with Crippen LogP contribution in [0.15, 0.2) is 23.1 Å². The van der Waals surface area contributed by atoms with Crippen molar-refractivity contribution in [2.75, 3.05) is 12.0 Å². The Morgan fingerprint density at radius 1 is 1.43 bits per heavy atom. The molecule has 1 aromatic heterocycles. The first-order valence-corrected chi connectivity index (χ1v) is 6.50. The number of hydrogen-bond donors (Lipinski definition) is 1. The number of nitrogens with zero attached hydrogens (tertiary/aromatic N) is 1. The van der Waals surface area contributed by atoms with E-state index in [0.29, 0.717) is 10.4 Å². The summed E-state index contributed by atoms with van der Waals surface area (Å²) >= 11 is 1.17. The second-order valence-corrected chi connectivity index (χ2v) is 5.82. The predicted molar refractivity (Wildman–Crippen MR) is 57.1 cm³/mol. The maximum Gasteiger partial charge on any atom is 0.175 e. The van der Waals surface area contributed by atoms with Crippen molar-refractivity contribution in [3.8, 4) is 0 Å². The van der Waals surface area contributed by atoms with Gasteiger partial charge in [-0.1, -0.05) is 0 Å². The number of hydrogen-bond acceptors (Lipinski definition) is 5. The summed E-state index contributed by atoms with van der Waals surface area (Å²) in [4.78, 5) is 0.275. The summed E-state index contributed by atoms with van der Waals surface area (Å²) in [7, 11) is -3.17. The van der Waals surface area contributed by atoms with Crippen LogP contribution in [0.2, 0.25) is 0 Å². The Balaban J connectivity index is 2.79. The van der Waals surface area contributed by atoms with Crippen LogP contribution in [0.3, 0.4) is 0 Å². The van der Waals surface area contributed by atoms with Crippen LogP contribution in [0.1, 0.15) is 0 Å². The average Bonchev–Trinajstić information content (AvgIpc) is 2.46. The summed E-state index contributed by atoms with van der Waals surface area (Å²) in [5.41, 5.74) is 6.39. The molecule has 4 nitrogen and oxygen atoms in total. The standard InChI is InChI=1S/C8H8N2O2S2/c1-14(11,12)5-2-3-7-6(4-5)8(9)13-10-7/h2-4H,9H2,1H3. The van der Waals surface area contributed by atoms with Gasteiger partial charge in [0.25, 0.3) is 0 Å². The minimum absolute atomic E-state index is 0.275. The Morgan fingerprint density at radius 3 is 2.79 bits per heavy atom. The van der Waals surface area contributed by atoms with Gasteiger partial charge < -0.3 is 5.73 Å². The number of sulfone groups is 1. The monoisotopic (exact) mass is 228 g/mol. The molecule has 0 bridgehead atoms. The first-order chi connectivity index (χ1) is 6.48. The van der Waals surface area contributed by atoms with E-state index in [9.17, 15) is 8.42 Å². The van der Waals surface area contributed by atoms with E-state index in [4.69, 9.17) is 5.73 Å². The largest absolute Gasteiger partial charge is 0.389 e. The van der Waals surface area contributed by atoms with Crippen molar-refractivity contribution < 1.29 is 8.42 Å². The van der Waals surface area contributed by atoms with Crippen LogP contribution in [0, 0.1) is 0 Å². The maximum atomic E-state index is 11.3. The topological polar surface area (TPSA) is 73.0 Å². The molecular weight excluding hydrogens is 220 g/mol. The number of rotatable bonds is 1. The molecule has 0 spiro atoms. The fraction of sp³-hybridized carbons (Fsp3) is 0.125. The number of aromatic nitrogens is 1. The van der Waals surface area contributed by atoms with Gasteiger partial charge in [-0.2, -0.15) is 4.37 Å². The number of nitrogens with two attached hydrogens (primary N) is 1. The lowest BCUT2D eigenvalue weighted by molar-refractivity contribution is 0.602. The first kappa shape index (κ1) is 9.42. The molecular formula is C8H8N2O2S2. The van der Waals surface area contributed by atoms with Crippen LogP contribution in [0.5, 0.6) is 0 Å². The molecule has 2 aromatic rings. The molecule has 0 aliphatic heterocycles. The van der Waals surface area contributed by atoms with E-state index in [0.717, 1.165) is 5.52 Å². The van der Waals surface area contributed by atoms with Crippen LogP contribution in [0.4, 0.5) is 5.00 Å². The maximum absolute atomic E-state index is 11.3. The summed E-state index contributed by atoms with van der Waals surface area (Å²) in [6.07, 6.45) is 1.17. The summed E-state index contributed by atoms with van der Waals surface area (Å²) in [6.45, 7) is 0. The van der Waals surface area contributed by atoms with Crippen molar-refractivity contribution in [1.29, 1.82) is 0 Å². The summed E-state index contributed by atoms with van der Waals surface area (Å²) in [6, 6.07) is 4.76. The van der Waals surface area contributed by atoms with Gasteiger partial charge in [0.2, 0.25) is 0 Å². The highest BCUT2D eigenvalue weighted by atomic mass is 32.2. The van der Waals surface area contributed by atoms with E-state index in [1.54, 1.807) is 12.1 Å². The van der Waals surface area contributed by atoms with Crippen LogP contribution < -0.4 is 5.73 Å². The first-order valence-electron chi connectivity index (χ1n) is 3.83. The van der Waals surface area contributed by atoms with Crippen molar-refractivity contribution in [1.82, 2.24) is 4.37 Å². The van der Waals surface area contributed by atoms with Gasteiger partial charge in [-0.05, 0) is 29.7 Å². The molecule has 14 heavy (non-hydrogen) atoms. The zero-order valence-electron chi connectivity index (χ0n) is 7.39. The Hall–Kier alpha value is -1.14. The molecule has 6 heteroatoms. The van der Waals surface area contributed by atoms with Gasteiger partial charge in [0, 0.05) is 11.6 Å². The third kappa shape index (κ3) is 1.46. The highest BCUT2D eigenvalue weighted by Crippen LogP contribution is 2.26.